The monoisotopic (exact) mass is 425 g/mol. The third kappa shape index (κ3) is 7.66. The number of nitrogens with zero attached hydrogens (tertiary/aromatic N) is 3. The van der Waals surface area contributed by atoms with E-state index in [2.05, 4.69) is 53.2 Å². The molecule has 1 atom stereocenters. The molecule has 0 spiro atoms. The third-order valence-electron chi connectivity index (χ3n) is 4.84. The van der Waals surface area contributed by atoms with Crippen LogP contribution in [-0.4, -0.2) is 35.4 Å². The Morgan fingerprint density at radius 1 is 1.03 bits per heavy atom. The quantitative estimate of drug-likeness (QED) is 0.508. The van der Waals surface area contributed by atoms with Gasteiger partial charge in [-0.15, -0.1) is 0 Å². The molecule has 0 aliphatic rings. The summed E-state index contributed by atoms with van der Waals surface area (Å²) in [5.74, 6) is 1.66. The second-order valence-electron chi connectivity index (χ2n) is 8.87. The normalized spacial score (nSPS) is 12.0. The van der Waals surface area contributed by atoms with Gasteiger partial charge in [0.15, 0.2) is 0 Å². The summed E-state index contributed by atoms with van der Waals surface area (Å²) in [6.45, 7) is 14.3. The van der Waals surface area contributed by atoms with Crippen LogP contribution in [0.3, 0.4) is 0 Å². The van der Waals surface area contributed by atoms with Crippen LogP contribution in [0.25, 0.3) is 0 Å². The Labute approximate surface area is 185 Å². The maximum atomic E-state index is 12.7. The van der Waals surface area contributed by atoms with E-state index in [0.717, 1.165) is 36.3 Å². The lowest BCUT2D eigenvalue weighted by Crippen LogP contribution is -2.32. The first kappa shape index (κ1) is 24.3. The van der Waals surface area contributed by atoms with E-state index in [4.69, 9.17) is 0 Å². The fourth-order valence-electron chi connectivity index (χ4n) is 3.41. The number of aryl methyl sites for hydroxylation is 1. The minimum Gasteiger partial charge on any atom is -0.369 e. The van der Waals surface area contributed by atoms with E-state index in [9.17, 15) is 9.59 Å². The molecule has 0 saturated carbocycles. The van der Waals surface area contributed by atoms with Gasteiger partial charge in [0.1, 0.15) is 12.1 Å². The van der Waals surface area contributed by atoms with E-state index in [0.29, 0.717) is 29.8 Å². The molecule has 2 N–H and O–H groups in total. The van der Waals surface area contributed by atoms with E-state index in [-0.39, 0.29) is 11.9 Å². The molecule has 7 heteroatoms. The Kier molecular flexibility index (Phi) is 8.97. The zero-order valence-corrected chi connectivity index (χ0v) is 19.5. The van der Waals surface area contributed by atoms with Crippen LogP contribution in [0.2, 0.25) is 0 Å². The Morgan fingerprint density at radius 3 is 2.19 bits per heavy atom. The Bertz CT molecular complexity index is 855. The maximum Gasteiger partial charge on any atom is 0.323 e. The van der Waals surface area contributed by atoms with Gasteiger partial charge in [-0.25, -0.2) is 14.8 Å². The lowest BCUT2D eigenvalue weighted by atomic mass is 9.97. The molecule has 1 heterocycles. The maximum absolute atomic E-state index is 12.7. The van der Waals surface area contributed by atoms with Crippen molar-refractivity contribution < 1.29 is 9.59 Å². The SMILES string of the molecule is Cc1ncc(NC(=O)Nc2cc(C(C)CC=O)ccc2N(CC(C)C)CC(C)C)cn1. The Balaban J connectivity index is 2.36. The Hall–Kier alpha value is -2.96. The number of benzene rings is 1. The third-order valence-corrected chi connectivity index (χ3v) is 4.84. The molecule has 1 unspecified atom stereocenters. The van der Waals surface area contributed by atoms with Crippen molar-refractivity contribution in [1.29, 1.82) is 0 Å². The van der Waals surface area contributed by atoms with Gasteiger partial charge in [0.2, 0.25) is 0 Å². The second-order valence-corrected chi connectivity index (χ2v) is 8.87. The molecule has 2 aromatic rings. The average molecular weight is 426 g/mol. The minimum atomic E-state index is -0.358. The first-order valence-electron chi connectivity index (χ1n) is 10.9. The number of nitrogens with one attached hydrogen (secondary N) is 2. The molecule has 0 aliphatic heterocycles. The molecule has 7 nitrogen and oxygen atoms in total. The largest absolute Gasteiger partial charge is 0.369 e. The standard InChI is InChI=1S/C24H35N5O2/c1-16(2)14-29(15-17(3)4)23-8-7-20(18(5)9-10-30)11-22(23)28-24(31)27-21-12-25-19(6)26-13-21/h7-8,10-13,16-18H,9,14-15H2,1-6H3,(H2,27,28,31). The number of urea groups is 1. The van der Waals surface area contributed by atoms with E-state index in [1.807, 2.05) is 25.1 Å². The van der Waals surface area contributed by atoms with Crippen LogP contribution >= 0.6 is 0 Å². The number of carbonyl (C=O) groups is 2. The van der Waals surface area contributed by atoms with Crippen molar-refractivity contribution in [3.05, 3.63) is 42.0 Å². The molecular formula is C24H35N5O2. The van der Waals surface area contributed by atoms with E-state index in [1.165, 1.54) is 0 Å². The van der Waals surface area contributed by atoms with Crippen molar-refractivity contribution >= 4 is 29.4 Å². The fourth-order valence-corrected chi connectivity index (χ4v) is 3.41. The van der Waals surface area contributed by atoms with Crippen LogP contribution in [0.4, 0.5) is 21.9 Å². The van der Waals surface area contributed by atoms with Crippen LogP contribution in [-0.2, 0) is 4.79 Å². The van der Waals surface area contributed by atoms with Crippen LogP contribution < -0.4 is 15.5 Å². The first-order chi connectivity index (χ1) is 14.7. The average Bonchev–Trinajstić information content (AvgIpc) is 2.68. The van der Waals surface area contributed by atoms with Crippen molar-refractivity contribution in [2.24, 2.45) is 11.8 Å². The minimum absolute atomic E-state index is 0.0734. The summed E-state index contributed by atoms with van der Waals surface area (Å²) in [4.78, 5) is 34.3. The molecule has 2 rings (SSSR count). The van der Waals surface area contributed by atoms with Gasteiger partial charge in [0.05, 0.1) is 29.5 Å². The summed E-state index contributed by atoms with van der Waals surface area (Å²) in [7, 11) is 0. The molecular weight excluding hydrogens is 390 g/mol. The fraction of sp³-hybridized carbons (Fsp3) is 0.500. The lowest BCUT2D eigenvalue weighted by Gasteiger charge is -2.31. The van der Waals surface area contributed by atoms with Crippen LogP contribution in [0.1, 0.15) is 58.3 Å². The Morgan fingerprint density at radius 2 is 1.65 bits per heavy atom. The number of amides is 2. The molecule has 31 heavy (non-hydrogen) atoms. The van der Waals surface area contributed by atoms with Crippen molar-refractivity contribution in [3.63, 3.8) is 0 Å². The van der Waals surface area contributed by atoms with Gasteiger partial charge in [-0.3, -0.25) is 0 Å². The summed E-state index contributed by atoms with van der Waals surface area (Å²) in [6, 6.07) is 5.71. The number of aromatic nitrogens is 2. The highest BCUT2D eigenvalue weighted by Crippen LogP contribution is 2.32. The van der Waals surface area contributed by atoms with Gasteiger partial charge in [0.25, 0.3) is 0 Å². The molecule has 0 radical (unpaired) electrons. The van der Waals surface area contributed by atoms with Crippen molar-refractivity contribution in [2.75, 3.05) is 28.6 Å². The number of carbonyl (C=O) groups excluding carboxylic acids is 2. The number of anilines is 3. The van der Waals surface area contributed by atoms with Gasteiger partial charge in [0, 0.05) is 19.5 Å². The van der Waals surface area contributed by atoms with E-state index in [1.54, 1.807) is 19.3 Å². The van der Waals surface area contributed by atoms with Crippen molar-refractivity contribution in [3.8, 4) is 0 Å². The van der Waals surface area contributed by atoms with Crippen molar-refractivity contribution in [1.82, 2.24) is 9.97 Å². The molecule has 0 aliphatic carbocycles. The molecule has 2 amide bonds. The van der Waals surface area contributed by atoms with Crippen LogP contribution in [0.15, 0.2) is 30.6 Å². The predicted octanol–water partition coefficient (Wildman–Crippen LogP) is 5.24. The zero-order chi connectivity index (χ0) is 23.0. The molecule has 0 saturated heterocycles. The lowest BCUT2D eigenvalue weighted by molar-refractivity contribution is -0.108. The summed E-state index contributed by atoms with van der Waals surface area (Å²) in [6.07, 6.45) is 4.53. The van der Waals surface area contributed by atoms with Gasteiger partial charge in [-0.05, 0) is 42.4 Å². The number of hydrogen-bond donors (Lipinski definition) is 2. The smallest absolute Gasteiger partial charge is 0.323 e. The van der Waals surface area contributed by atoms with Gasteiger partial charge in [-0.2, -0.15) is 0 Å². The van der Waals surface area contributed by atoms with Gasteiger partial charge in [-0.1, -0.05) is 40.7 Å². The zero-order valence-electron chi connectivity index (χ0n) is 19.5. The highest BCUT2D eigenvalue weighted by molar-refractivity contribution is 6.01. The van der Waals surface area contributed by atoms with Crippen LogP contribution in [0.5, 0.6) is 0 Å². The van der Waals surface area contributed by atoms with Gasteiger partial charge < -0.3 is 20.3 Å². The molecule has 0 bridgehead atoms. The molecule has 1 aromatic heterocycles. The summed E-state index contributed by atoms with van der Waals surface area (Å²) in [5, 5.41) is 5.79. The molecule has 168 valence electrons. The van der Waals surface area contributed by atoms with Crippen molar-refractivity contribution in [2.45, 2.75) is 53.9 Å². The van der Waals surface area contributed by atoms with Gasteiger partial charge >= 0.3 is 6.03 Å². The number of rotatable bonds is 10. The number of aldehydes is 1. The molecule has 1 aromatic carbocycles. The van der Waals surface area contributed by atoms with E-state index >= 15 is 0 Å². The first-order valence-corrected chi connectivity index (χ1v) is 10.9. The predicted molar refractivity (Wildman–Crippen MR) is 127 cm³/mol. The summed E-state index contributed by atoms with van der Waals surface area (Å²) < 4.78 is 0. The highest BCUT2D eigenvalue weighted by atomic mass is 16.2. The topological polar surface area (TPSA) is 87.2 Å². The second kappa shape index (κ2) is 11.4. The summed E-state index contributed by atoms with van der Waals surface area (Å²) >= 11 is 0. The molecule has 0 fully saturated rings. The highest BCUT2D eigenvalue weighted by Gasteiger charge is 2.18. The summed E-state index contributed by atoms with van der Waals surface area (Å²) in [5.41, 5.74) is 3.23. The van der Waals surface area contributed by atoms with E-state index < -0.39 is 0 Å². The number of hydrogen-bond acceptors (Lipinski definition) is 5. The van der Waals surface area contributed by atoms with Crippen LogP contribution in [0, 0.1) is 18.8 Å².